The average Bonchev–Trinajstić information content (AvgIpc) is 1.86. The third-order valence-corrected chi connectivity index (χ3v) is 2.79. The van der Waals surface area contributed by atoms with Crippen molar-refractivity contribution in [2.75, 3.05) is 0 Å². The standard InChI is InChI=1S/C10H21Cl/c1-5-6-7-8-9(2)10(3,4)11/h9H,5-8H2,1-4H3. The molecule has 11 heavy (non-hydrogen) atoms. The molecule has 0 fully saturated rings. The van der Waals surface area contributed by atoms with Crippen LogP contribution in [0.25, 0.3) is 0 Å². The zero-order valence-corrected chi connectivity index (χ0v) is 9.04. The van der Waals surface area contributed by atoms with Crippen molar-refractivity contribution in [2.45, 2.75) is 58.3 Å². The fourth-order valence-corrected chi connectivity index (χ4v) is 1.15. The predicted molar refractivity (Wildman–Crippen MR) is 53.2 cm³/mol. The maximum atomic E-state index is 6.16. The van der Waals surface area contributed by atoms with Gasteiger partial charge in [-0.25, -0.2) is 0 Å². The summed E-state index contributed by atoms with van der Waals surface area (Å²) in [5.41, 5.74) is 0. The van der Waals surface area contributed by atoms with Gasteiger partial charge in [0.1, 0.15) is 0 Å². The molecule has 0 aromatic heterocycles. The summed E-state index contributed by atoms with van der Waals surface area (Å²) in [4.78, 5) is -0.0201. The van der Waals surface area contributed by atoms with E-state index in [4.69, 9.17) is 11.6 Å². The van der Waals surface area contributed by atoms with E-state index in [0.29, 0.717) is 5.92 Å². The first-order valence-corrected chi connectivity index (χ1v) is 5.05. The van der Waals surface area contributed by atoms with Gasteiger partial charge in [0.25, 0.3) is 0 Å². The van der Waals surface area contributed by atoms with E-state index >= 15 is 0 Å². The quantitative estimate of drug-likeness (QED) is 0.435. The Morgan fingerprint density at radius 1 is 1.27 bits per heavy atom. The molecule has 0 radical (unpaired) electrons. The van der Waals surface area contributed by atoms with E-state index in [9.17, 15) is 0 Å². The zero-order chi connectivity index (χ0) is 8.91. The van der Waals surface area contributed by atoms with E-state index < -0.39 is 0 Å². The van der Waals surface area contributed by atoms with Crippen LogP contribution in [0.1, 0.15) is 53.4 Å². The van der Waals surface area contributed by atoms with Gasteiger partial charge < -0.3 is 0 Å². The van der Waals surface area contributed by atoms with E-state index in [1.165, 1.54) is 25.7 Å². The van der Waals surface area contributed by atoms with Crippen LogP contribution >= 0.6 is 11.6 Å². The summed E-state index contributed by atoms with van der Waals surface area (Å²) in [5.74, 6) is 0.635. The molecule has 1 unspecified atom stereocenters. The van der Waals surface area contributed by atoms with Gasteiger partial charge in [-0.15, -0.1) is 11.6 Å². The van der Waals surface area contributed by atoms with Crippen molar-refractivity contribution in [3.05, 3.63) is 0 Å². The smallest absolute Gasteiger partial charge is 0.0416 e. The Balaban J connectivity index is 3.44. The van der Waals surface area contributed by atoms with Crippen molar-refractivity contribution in [3.8, 4) is 0 Å². The van der Waals surface area contributed by atoms with Crippen LogP contribution < -0.4 is 0 Å². The molecule has 1 heteroatoms. The first kappa shape index (κ1) is 11.3. The number of hydrogen-bond acceptors (Lipinski definition) is 0. The molecule has 0 spiro atoms. The number of alkyl halides is 1. The first-order valence-electron chi connectivity index (χ1n) is 4.67. The molecule has 0 bridgehead atoms. The summed E-state index contributed by atoms with van der Waals surface area (Å²) >= 11 is 6.16. The number of rotatable bonds is 5. The molecule has 0 aromatic carbocycles. The summed E-state index contributed by atoms with van der Waals surface area (Å²) in [5, 5.41) is 0. The van der Waals surface area contributed by atoms with E-state index in [1.807, 2.05) is 0 Å². The summed E-state index contributed by atoms with van der Waals surface area (Å²) in [6.45, 7) is 8.68. The van der Waals surface area contributed by atoms with Gasteiger partial charge in [-0.2, -0.15) is 0 Å². The molecule has 1 atom stereocenters. The van der Waals surface area contributed by atoms with Crippen LogP contribution in [0, 0.1) is 5.92 Å². The van der Waals surface area contributed by atoms with Crippen LogP contribution in [0.5, 0.6) is 0 Å². The van der Waals surface area contributed by atoms with E-state index in [1.54, 1.807) is 0 Å². The lowest BCUT2D eigenvalue weighted by Gasteiger charge is -2.24. The van der Waals surface area contributed by atoms with E-state index in [2.05, 4.69) is 27.7 Å². The second kappa shape index (κ2) is 5.03. The molecule has 0 aliphatic carbocycles. The van der Waals surface area contributed by atoms with Gasteiger partial charge >= 0.3 is 0 Å². The van der Waals surface area contributed by atoms with Gasteiger partial charge in [0.05, 0.1) is 0 Å². The third kappa shape index (κ3) is 5.55. The molecule has 0 saturated heterocycles. The third-order valence-electron chi connectivity index (χ3n) is 2.41. The Bertz CT molecular complexity index is 91.5. The van der Waals surface area contributed by atoms with Crippen LogP contribution in [-0.2, 0) is 0 Å². The monoisotopic (exact) mass is 176 g/mol. The molecule has 0 nitrogen and oxygen atoms in total. The van der Waals surface area contributed by atoms with Crippen LogP contribution in [0.15, 0.2) is 0 Å². The highest BCUT2D eigenvalue weighted by atomic mass is 35.5. The normalized spacial score (nSPS) is 15.0. The summed E-state index contributed by atoms with van der Waals surface area (Å²) < 4.78 is 0. The van der Waals surface area contributed by atoms with Crippen molar-refractivity contribution >= 4 is 11.6 Å². The summed E-state index contributed by atoms with van der Waals surface area (Å²) in [7, 11) is 0. The Labute approximate surface area is 76.3 Å². The molecule has 0 rings (SSSR count). The molecule has 0 aliphatic rings. The molecule has 0 amide bonds. The number of halogens is 1. The fourth-order valence-electron chi connectivity index (χ4n) is 1.04. The Morgan fingerprint density at radius 3 is 2.18 bits per heavy atom. The summed E-state index contributed by atoms with van der Waals surface area (Å²) in [6.07, 6.45) is 5.24. The minimum Gasteiger partial charge on any atom is -0.120 e. The highest BCUT2D eigenvalue weighted by molar-refractivity contribution is 6.23. The largest absolute Gasteiger partial charge is 0.120 e. The SMILES string of the molecule is CCCCCC(C)C(C)(C)Cl. The Morgan fingerprint density at radius 2 is 1.82 bits per heavy atom. The van der Waals surface area contributed by atoms with Crippen molar-refractivity contribution < 1.29 is 0 Å². The highest BCUT2D eigenvalue weighted by Gasteiger charge is 2.21. The van der Waals surface area contributed by atoms with Gasteiger partial charge in [-0.05, 0) is 26.2 Å². The second-order valence-electron chi connectivity index (χ2n) is 3.96. The summed E-state index contributed by atoms with van der Waals surface area (Å²) in [6, 6.07) is 0. The zero-order valence-electron chi connectivity index (χ0n) is 8.28. The van der Waals surface area contributed by atoms with Gasteiger partial charge in [-0.3, -0.25) is 0 Å². The van der Waals surface area contributed by atoms with Crippen LogP contribution in [0.3, 0.4) is 0 Å². The van der Waals surface area contributed by atoms with Gasteiger partial charge in [0.2, 0.25) is 0 Å². The van der Waals surface area contributed by atoms with E-state index in [0.717, 1.165) is 0 Å². The van der Waals surface area contributed by atoms with E-state index in [-0.39, 0.29) is 4.87 Å². The Hall–Kier alpha value is 0.290. The van der Waals surface area contributed by atoms with Crippen molar-refractivity contribution in [2.24, 2.45) is 5.92 Å². The minimum atomic E-state index is -0.0201. The minimum absolute atomic E-state index is 0.0201. The molecular formula is C10H21Cl. The second-order valence-corrected chi connectivity index (χ2v) is 4.94. The van der Waals surface area contributed by atoms with Gasteiger partial charge in [-0.1, -0.05) is 33.1 Å². The Kier molecular flexibility index (Phi) is 5.16. The van der Waals surface area contributed by atoms with Crippen LogP contribution in [0.4, 0.5) is 0 Å². The lowest BCUT2D eigenvalue weighted by molar-refractivity contribution is 0.404. The van der Waals surface area contributed by atoms with Gasteiger partial charge in [0.15, 0.2) is 0 Å². The molecule has 0 aliphatic heterocycles. The molecule has 0 saturated carbocycles. The van der Waals surface area contributed by atoms with Crippen molar-refractivity contribution in [3.63, 3.8) is 0 Å². The molecule has 0 heterocycles. The lowest BCUT2D eigenvalue weighted by Crippen LogP contribution is -2.21. The van der Waals surface area contributed by atoms with Crippen LogP contribution in [-0.4, -0.2) is 4.87 Å². The van der Waals surface area contributed by atoms with Crippen LogP contribution in [0.2, 0.25) is 0 Å². The topological polar surface area (TPSA) is 0 Å². The van der Waals surface area contributed by atoms with Gasteiger partial charge in [0, 0.05) is 4.87 Å². The van der Waals surface area contributed by atoms with Crippen molar-refractivity contribution in [1.29, 1.82) is 0 Å². The maximum Gasteiger partial charge on any atom is 0.0416 e. The molecule has 68 valence electrons. The predicted octanol–water partition coefficient (Wildman–Crippen LogP) is 4.22. The van der Waals surface area contributed by atoms with Crippen molar-refractivity contribution in [1.82, 2.24) is 0 Å². The first-order chi connectivity index (χ1) is 4.98. The number of hydrogen-bond donors (Lipinski definition) is 0. The average molecular weight is 177 g/mol. The molecule has 0 aromatic rings. The maximum absolute atomic E-state index is 6.16. The molecule has 0 N–H and O–H groups in total. The lowest BCUT2D eigenvalue weighted by atomic mass is 9.91. The highest BCUT2D eigenvalue weighted by Crippen LogP contribution is 2.28. The molecular weight excluding hydrogens is 156 g/mol. The fraction of sp³-hybridized carbons (Fsp3) is 1.00. The number of unbranched alkanes of at least 4 members (excludes halogenated alkanes) is 2.